The highest BCUT2D eigenvalue weighted by Gasteiger charge is 2.16. The van der Waals surface area contributed by atoms with Gasteiger partial charge in [-0.1, -0.05) is 12.1 Å². The van der Waals surface area contributed by atoms with Gasteiger partial charge in [0.05, 0.1) is 15.6 Å². The van der Waals surface area contributed by atoms with Crippen LogP contribution in [0.5, 0.6) is 0 Å². The van der Waals surface area contributed by atoms with Crippen LogP contribution in [-0.2, 0) is 16.4 Å². The molecule has 0 saturated carbocycles. The van der Waals surface area contributed by atoms with Crippen LogP contribution in [0.3, 0.4) is 0 Å². The quantitative estimate of drug-likeness (QED) is 0.920. The van der Waals surface area contributed by atoms with Gasteiger partial charge < -0.3 is 0 Å². The molecule has 0 aliphatic rings. The minimum absolute atomic E-state index is 0.356. The standard InChI is InChI=1S/C15H20N2O2S2/c1-10-5-6-11(2)14(9-10)21(18,19)16-8-7-15-17-12(3)13(4)20-15/h5-6,9,16H,7-8H2,1-4H3. The van der Waals surface area contributed by atoms with Gasteiger partial charge in [0.1, 0.15) is 0 Å². The zero-order valence-electron chi connectivity index (χ0n) is 12.7. The van der Waals surface area contributed by atoms with E-state index in [1.54, 1.807) is 17.4 Å². The maximum Gasteiger partial charge on any atom is 0.240 e. The van der Waals surface area contributed by atoms with Crippen LogP contribution in [0.4, 0.5) is 0 Å². The summed E-state index contributed by atoms with van der Waals surface area (Å²) < 4.78 is 27.3. The van der Waals surface area contributed by atoms with Crippen molar-refractivity contribution >= 4 is 21.4 Å². The van der Waals surface area contributed by atoms with E-state index in [9.17, 15) is 8.42 Å². The molecule has 0 fully saturated rings. The number of hydrogen-bond acceptors (Lipinski definition) is 4. The van der Waals surface area contributed by atoms with E-state index < -0.39 is 10.0 Å². The van der Waals surface area contributed by atoms with Crippen molar-refractivity contribution in [1.82, 2.24) is 9.71 Å². The molecule has 0 radical (unpaired) electrons. The van der Waals surface area contributed by atoms with Gasteiger partial charge in [0.15, 0.2) is 0 Å². The van der Waals surface area contributed by atoms with E-state index in [2.05, 4.69) is 9.71 Å². The molecule has 0 saturated heterocycles. The monoisotopic (exact) mass is 324 g/mol. The van der Waals surface area contributed by atoms with Crippen molar-refractivity contribution in [2.24, 2.45) is 0 Å². The first-order valence-electron chi connectivity index (χ1n) is 6.79. The highest BCUT2D eigenvalue weighted by molar-refractivity contribution is 7.89. The predicted octanol–water partition coefficient (Wildman–Crippen LogP) is 2.90. The summed E-state index contributed by atoms with van der Waals surface area (Å²) in [5.41, 5.74) is 2.72. The van der Waals surface area contributed by atoms with Gasteiger partial charge >= 0.3 is 0 Å². The van der Waals surface area contributed by atoms with E-state index in [-0.39, 0.29) is 0 Å². The highest BCUT2D eigenvalue weighted by Crippen LogP contribution is 2.18. The van der Waals surface area contributed by atoms with Crippen LogP contribution >= 0.6 is 11.3 Å². The lowest BCUT2D eigenvalue weighted by atomic mass is 10.2. The van der Waals surface area contributed by atoms with Gasteiger partial charge in [-0.05, 0) is 44.9 Å². The molecule has 0 atom stereocenters. The van der Waals surface area contributed by atoms with Crippen molar-refractivity contribution in [3.05, 3.63) is 44.9 Å². The topological polar surface area (TPSA) is 59.1 Å². The van der Waals surface area contributed by atoms with Gasteiger partial charge in [-0.3, -0.25) is 0 Å². The number of nitrogens with zero attached hydrogens (tertiary/aromatic N) is 1. The van der Waals surface area contributed by atoms with Crippen LogP contribution in [0.15, 0.2) is 23.1 Å². The molecule has 6 heteroatoms. The lowest BCUT2D eigenvalue weighted by Crippen LogP contribution is -2.26. The summed E-state index contributed by atoms with van der Waals surface area (Å²) in [6, 6.07) is 5.45. The van der Waals surface area contributed by atoms with Crippen LogP contribution in [0.25, 0.3) is 0 Å². The molecule has 1 aromatic heterocycles. The van der Waals surface area contributed by atoms with E-state index in [0.717, 1.165) is 21.8 Å². The van der Waals surface area contributed by atoms with Crippen molar-refractivity contribution < 1.29 is 8.42 Å². The van der Waals surface area contributed by atoms with Gasteiger partial charge in [-0.15, -0.1) is 11.3 Å². The third-order valence-electron chi connectivity index (χ3n) is 3.34. The number of sulfonamides is 1. The summed E-state index contributed by atoms with van der Waals surface area (Å²) in [7, 11) is -3.46. The van der Waals surface area contributed by atoms with Gasteiger partial charge in [-0.25, -0.2) is 18.1 Å². The SMILES string of the molecule is Cc1ccc(C)c(S(=O)(=O)NCCc2nc(C)c(C)s2)c1. The van der Waals surface area contributed by atoms with Crippen molar-refractivity contribution in [3.8, 4) is 0 Å². The molecule has 1 N–H and O–H groups in total. The Morgan fingerprint density at radius 3 is 2.52 bits per heavy atom. The average molecular weight is 324 g/mol. The molecular formula is C15H20N2O2S2. The molecule has 0 aliphatic carbocycles. The Morgan fingerprint density at radius 1 is 1.19 bits per heavy atom. The van der Waals surface area contributed by atoms with Crippen molar-refractivity contribution in [2.75, 3.05) is 6.54 Å². The second kappa shape index (κ2) is 6.25. The molecule has 0 amide bonds. The fourth-order valence-corrected chi connectivity index (χ4v) is 4.31. The Morgan fingerprint density at radius 2 is 1.90 bits per heavy atom. The maximum absolute atomic E-state index is 12.3. The molecule has 0 bridgehead atoms. The number of aromatic nitrogens is 1. The Labute approximate surface area is 130 Å². The number of hydrogen-bond donors (Lipinski definition) is 1. The van der Waals surface area contributed by atoms with E-state index in [1.807, 2.05) is 39.8 Å². The number of nitrogens with one attached hydrogen (secondary N) is 1. The molecule has 0 unspecified atom stereocenters. The van der Waals surface area contributed by atoms with Gasteiger partial charge in [0.2, 0.25) is 10.0 Å². The van der Waals surface area contributed by atoms with Crippen molar-refractivity contribution in [2.45, 2.75) is 39.0 Å². The second-order valence-corrected chi connectivity index (χ2v) is 8.19. The fourth-order valence-electron chi connectivity index (χ4n) is 2.01. The first-order valence-corrected chi connectivity index (χ1v) is 9.09. The zero-order valence-corrected chi connectivity index (χ0v) is 14.4. The fraction of sp³-hybridized carbons (Fsp3) is 0.400. The first kappa shape index (κ1) is 16.1. The lowest BCUT2D eigenvalue weighted by molar-refractivity contribution is 0.581. The summed E-state index contributed by atoms with van der Waals surface area (Å²) in [4.78, 5) is 5.96. The van der Waals surface area contributed by atoms with Crippen molar-refractivity contribution in [3.63, 3.8) is 0 Å². The van der Waals surface area contributed by atoms with Crippen LogP contribution in [-0.4, -0.2) is 19.9 Å². The zero-order chi connectivity index (χ0) is 15.6. The summed E-state index contributed by atoms with van der Waals surface area (Å²) in [6.45, 7) is 8.05. The van der Waals surface area contributed by atoms with Crippen LogP contribution in [0.2, 0.25) is 0 Å². The normalized spacial score (nSPS) is 11.8. The van der Waals surface area contributed by atoms with E-state index >= 15 is 0 Å². The van der Waals surface area contributed by atoms with Gasteiger partial charge in [0.25, 0.3) is 0 Å². The molecule has 1 aromatic carbocycles. The molecule has 21 heavy (non-hydrogen) atoms. The van der Waals surface area contributed by atoms with E-state index in [1.165, 1.54) is 4.88 Å². The minimum Gasteiger partial charge on any atom is -0.246 e. The first-order chi connectivity index (χ1) is 9.79. The molecule has 1 heterocycles. The number of rotatable bonds is 5. The number of benzene rings is 1. The summed E-state index contributed by atoms with van der Waals surface area (Å²) >= 11 is 1.62. The lowest BCUT2D eigenvalue weighted by Gasteiger charge is -2.09. The van der Waals surface area contributed by atoms with E-state index in [4.69, 9.17) is 0 Å². The Bertz CT molecular complexity index is 730. The number of aryl methyl sites for hydroxylation is 4. The maximum atomic E-state index is 12.3. The Kier molecular flexibility index (Phi) is 4.81. The predicted molar refractivity (Wildman–Crippen MR) is 86.4 cm³/mol. The molecule has 0 spiro atoms. The Hall–Kier alpha value is -1.24. The Balaban J connectivity index is 2.06. The third kappa shape index (κ3) is 3.90. The van der Waals surface area contributed by atoms with Crippen molar-refractivity contribution in [1.29, 1.82) is 0 Å². The summed E-state index contributed by atoms with van der Waals surface area (Å²) in [5.74, 6) is 0. The molecule has 0 aliphatic heterocycles. The smallest absolute Gasteiger partial charge is 0.240 e. The van der Waals surface area contributed by atoms with Crippen LogP contribution in [0.1, 0.15) is 26.7 Å². The number of thiazole rings is 1. The van der Waals surface area contributed by atoms with Gasteiger partial charge in [0, 0.05) is 17.8 Å². The largest absolute Gasteiger partial charge is 0.246 e. The molecule has 2 rings (SSSR count). The minimum atomic E-state index is -3.46. The molecule has 2 aromatic rings. The molecule has 114 valence electrons. The summed E-state index contributed by atoms with van der Waals surface area (Å²) in [5, 5.41) is 0.966. The molecular weight excluding hydrogens is 304 g/mol. The average Bonchev–Trinajstić information content (AvgIpc) is 2.71. The van der Waals surface area contributed by atoms with E-state index in [0.29, 0.717) is 17.9 Å². The summed E-state index contributed by atoms with van der Waals surface area (Å²) in [6.07, 6.45) is 0.615. The molecule has 4 nitrogen and oxygen atoms in total. The van der Waals surface area contributed by atoms with Gasteiger partial charge in [-0.2, -0.15) is 0 Å². The second-order valence-electron chi connectivity index (χ2n) is 5.17. The third-order valence-corrected chi connectivity index (χ3v) is 6.07. The van der Waals surface area contributed by atoms with Crippen LogP contribution in [0, 0.1) is 27.7 Å². The van der Waals surface area contributed by atoms with Crippen LogP contribution < -0.4 is 4.72 Å². The highest BCUT2D eigenvalue weighted by atomic mass is 32.2.